The number of aromatic nitrogens is 1. The Morgan fingerprint density at radius 1 is 1.29 bits per heavy atom. The highest BCUT2D eigenvalue weighted by atomic mass is 35.5. The summed E-state index contributed by atoms with van der Waals surface area (Å²) in [4.78, 5) is 29.8. The first-order valence-electron chi connectivity index (χ1n) is 7.61. The van der Waals surface area contributed by atoms with Gasteiger partial charge in [-0.25, -0.2) is 4.79 Å². The van der Waals surface area contributed by atoms with E-state index in [4.69, 9.17) is 11.6 Å². The van der Waals surface area contributed by atoms with E-state index in [1.54, 1.807) is 41.6 Å². The summed E-state index contributed by atoms with van der Waals surface area (Å²) in [5, 5.41) is 6.22. The number of anilines is 1. The normalized spacial score (nSPS) is 17.0. The van der Waals surface area contributed by atoms with E-state index in [9.17, 15) is 9.59 Å². The third-order valence-electron chi connectivity index (χ3n) is 3.77. The highest BCUT2D eigenvalue weighted by Gasteiger charge is 2.31. The van der Waals surface area contributed by atoms with Gasteiger partial charge in [-0.15, -0.1) is 0 Å². The number of hydrogen-bond acceptors (Lipinski definition) is 3. The number of hydrogen-bond donors (Lipinski definition) is 2. The predicted molar refractivity (Wildman–Crippen MR) is 91.8 cm³/mol. The maximum absolute atomic E-state index is 12.1. The Balaban J connectivity index is 1.52. The van der Waals surface area contributed by atoms with Crippen LogP contribution in [0.1, 0.15) is 12.0 Å². The Morgan fingerprint density at radius 3 is 2.79 bits per heavy atom. The Bertz CT molecular complexity index is 721. The van der Waals surface area contributed by atoms with Crippen molar-refractivity contribution < 1.29 is 9.59 Å². The van der Waals surface area contributed by atoms with Gasteiger partial charge in [-0.2, -0.15) is 0 Å². The second-order valence-electron chi connectivity index (χ2n) is 5.57. The average molecular weight is 345 g/mol. The standard InChI is InChI=1S/C17H17ClN4O2/c18-13-3-5-15(6-4-13)22-11-14(8-16(22)23)21-17(24)20-10-12-2-1-7-19-9-12/h1-7,9,14H,8,10-11H2,(H2,20,21,24)/t14-/m1/s1. The molecule has 7 heteroatoms. The molecule has 0 radical (unpaired) electrons. The van der Waals surface area contributed by atoms with Crippen molar-refractivity contribution in [3.8, 4) is 0 Å². The van der Waals surface area contributed by atoms with Crippen molar-refractivity contribution in [2.75, 3.05) is 11.4 Å². The van der Waals surface area contributed by atoms with Crippen molar-refractivity contribution >= 4 is 29.2 Å². The average Bonchev–Trinajstić information content (AvgIpc) is 2.95. The molecule has 6 nitrogen and oxygen atoms in total. The van der Waals surface area contributed by atoms with Gasteiger partial charge in [0.2, 0.25) is 5.91 Å². The number of rotatable bonds is 4. The molecule has 0 aliphatic carbocycles. The molecule has 1 aliphatic heterocycles. The first-order valence-corrected chi connectivity index (χ1v) is 7.99. The fourth-order valence-electron chi connectivity index (χ4n) is 2.60. The molecule has 3 amide bonds. The zero-order valence-electron chi connectivity index (χ0n) is 12.9. The molecule has 3 rings (SSSR count). The van der Waals surface area contributed by atoms with Gasteiger partial charge in [-0.05, 0) is 35.9 Å². The number of carbonyl (C=O) groups excluding carboxylic acids is 2. The SMILES string of the molecule is O=C(NCc1cccnc1)N[C@@H]1CC(=O)N(c2ccc(Cl)cc2)C1. The van der Waals surface area contributed by atoms with E-state index >= 15 is 0 Å². The fraction of sp³-hybridized carbons (Fsp3) is 0.235. The number of amides is 3. The molecule has 1 saturated heterocycles. The van der Waals surface area contributed by atoms with Crippen LogP contribution in [0.4, 0.5) is 10.5 Å². The largest absolute Gasteiger partial charge is 0.334 e. The van der Waals surface area contributed by atoms with Crippen molar-refractivity contribution in [3.05, 3.63) is 59.4 Å². The molecule has 1 aromatic heterocycles. The van der Waals surface area contributed by atoms with Gasteiger partial charge in [0.15, 0.2) is 0 Å². The fourth-order valence-corrected chi connectivity index (χ4v) is 2.72. The second-order valence-corrected chi connectivity index (χ2v) is 6.01. The van der Waals surface area contributed by atoms with Crippen LogP contribution in [0, 0.1) is 0 Å². The van der Waals surface area contributed by atoms with Gasteiger partial charge >= 0.3 is 6.03 Å². The maximum Gasteiger partial charge on any atom is 0.315 e. The molecule has 124 valence electrons. The van der Waals surface area contributed by atoms with Gasteiger partial charge in [0.1, 0.15) is 0 Å². The van der Waals surface area contributed by atoms with Gasteiger partial charge < -0.3 is 15.5 Å². The summed E-state index contributed by atoms with van der Waals surface area (Å²) in [5.41, 5.74) is 1.70. The molecule has 1 fully saturated rings. The van der Waals surface area contributed by atoms with Gasteiger partial charge in [0, 0.05) is 42.6 Å². The maximum atomic E-state index is 12.1. The summed E-state index contributed by atoms with van der Waals surface area (Å²) < 4.78 is 0. The molecular weight excluding hydrogens is 328 g/mol. The summed E-state index contributed by atoms with van der Waals surface area (Å²) in [6.45, 7) is 0.835. The molecule has 2 aromatic rings. The number of carbonyl (C=O) groups is 2. The van der Waals surface area contributed by atoms with E-state index in [0.29, 0.717) is 18.1 Å². The zero-order chi connectivity index (χ0) is 16.9. The van der Waals surface area contributed by atoms with Crippen molar-refractivity contribution in [1.82, 2.24) is 15.6 Å². The van der Waals surface area contributed by atoms with Crippen LogP contribution in [-0.4, -0.2) is 29.5 Å². The first-order chi connectivity index (χ1) is 11.6. The van der Waals surface area contributed by atoms with Crippen molar-refractivity contribution in [2.45, 2.75) is 19.0 Å². The predicted octanol–water partition coefficient (Wildman–Crippen LogP) is 2.34. The topological polar surface area (TPSA) is 74.3 Å². The molecule has 1 aliphatic rings. The van der Waals surface area contributed by atoms with E-state index in [0.717, 1.165) is 11.3 Å². The van der Waals surface area contributed by atoms with Crippen LogP contribution in [0.25, 0.3) is 0 Å². The van der Waals surface area contributed by atoms with Gasteiger partial charge in [-0.1, -0.05) is 17.7 Å². The molecule has 0 spiro atoms. The number of pyridine rings is 1. The molecule has 0 unspecified atom stereocenters. The molecule has 2 heterocycles. The number of benzene rings is 1. The summed E-state index contributed by atoms with van der Waals surface area (Å²) in [6.07, 6.45) is 3.66. The van der Waals surface area contributed by atoms with Crippen LogP contribution in [0.2, 0.25) is 5.02 Å². The van der Waals surface area contributed by atoms with Crippen LogP contribution in [-0.2, 0) is 11.3 Å². The Kier molecular flexibility index (Phi) is 4.96. The lowest BCUT2D eigenvalue weighted by Crippen LogP contribution is -2.43. The lowest BCUT2D eigenvalue weighted by Gasteiger charge is -2.17. The molecule has 0 saturated carbocycles. The lowest BCUT2D eigenvalue weighted by atomic mass is 10.2. The number of nitrogens with one attached hydrogen (secondary N) is 2. The van der Waals surface area contributed by atoms with Crippen molar-refractivity contribution in [3.63, 3.8) is 0 Å². The molecular formula is C17H17ClN4O2. The summed E-state index contributed by atoms with van der Waals surface area (Å²) in [6, 6.07) is 10.3. The van der Waals surface area contributed by atoms with Crippen LogP contribution in [0.3, 0.4) is 0 Å². The summed E-state index contributed by atoms with van der Waals surface area (Å²) >= 11 is 5.86. The lowest BCUT2D eigenvalue weighted by molar-refractivity contribution is -0.117. The molecule has 1 aromatic carbocycles. The minimum Gasteiger partial charge on any atom is -0.334 e. The minimum atomic E-state index is -0.297. The van der Waals surface area contributed by atoms with Crippen LogP contribution >= 0.6 is 11.6 Å². The van der Waals surface area contributed by atoms with Crippen LogP contribution in [0.15, 0.2) is 48.8 Å². The molecule has 24 heavy (non-hydrogen) atoms. The Labute approximate surface area is 144 Å². The van der Waals surface area contributed by atoms with E-state index in [1.165, 1.54) is 0 Å². The quantitative estimate of drug-likeness (QED) is 0.894. The smallest absolute Gasteiger partial charge is 0.315 e. The van der Waals surface area contributed by atoms with Crippen LogP contribution in [0.5, 0.6) is 0 Å². The van der Waals surface area contributed by atoms with E-state index in [-0.39, 0.29) is 24.4 Å². The minimum absolute atomic E-state index is 0.0186. The van der Waals surface area contributed by atoms with Gasteiger partial charge in [0.05, 0.1) is 6.04 Å². The molecule has 1 atom stereocenters. The van der Waals surface area contributed by atoms with Gasteiger partial charge in [-0.3, -0.25) is 9.78 Å². The molecule has 2 N–H and O–H groups in total. The zero-order valence-corrected chi connectivity index (χ0v) is 13.7. The second kappa shape index (κ2) is 7.31. The third kappa shape index (κ3) is 4.02. The number of nitrogens with zero attached hydrogens (tertiary/aromatic N) is 2. The van der Waals surface area contributed by atoms with Crippen molar-refractivity contribution in [2.24, 2.45) is 0 Å². The van der Waals surface area contributed by atoms with E-state index in [1.807, 2.05) is 12.1 Å². The van der Waals surface area contributed by atoms with E-state index < -0.39 is 0 Å². The number of halogens is 1. The Hall–Kier alpha value is -2.60. The highest BCUT2D eigenvalue weighted by molar-refractivity contribution is 6.30. The molecule has 0 bridgehead atoms. The number of urea groups is 1. The summed E-state index contributed by atoms with van der Waals surface area (Å²) in [7, 11) is 0. The third-order valence-corrected chi connectivity index (χ3v) is 4.03. The van der Waals surface area contributed by atoms with Crippen LogP contribution < -0.4 is 15.5 Å². The first kappa shape index (κ1) is 16.3. The summed E-state index contributed by atoms with van der Waals surface area (Å²) in [5.74, 6) is -0.0186. The monoisotopic (exact) mass is 344 g/mol. The van der Waals surface area contributed by atoms with Gasteiger partial charge in [0.25, 0.3) is 0 Å². The Morgan fingerprint density at radius 2 is 2.08 bits per heavy atom. The highest BCUT2D eigenvalue weighted by Crippen LogP contribution is 2.23. The van der Waals surface area contributed by atoms with E-state index in [2.05, 4.69) is 15.6 Å². The van der Waals surface area contributed by atoms with Crippen molar-refractivity contribution in [1.29, 1.82) is 0 Å².